The Morgan fingerprint density at radius 3 is 2.76 bits per heavy atom. The molecule has 134 valence electrons. The molecule has 0 aromatic carbocycles. The molecule has 4 fully saturated rings. The van der Waals surface area contributed by atoms with Crippen LogP contribution in [0.1, 0.15) is 52.4 Å². The third-order valence-corrected chi connectivity index (χ3v) is 9.27. The number of ketones is 1. The normalized spacial score (nSPS) is 56.0. The van der Waals surface area contributed by atoms with Crippen LogP contribution in [0.4, 0.5) is 0 Å². The molecule has 5 aliphatic carbocycles. The number of rotatable bonds is 1. The summed E-state index contributed by atoms with van der Waals surface area (Å²) in [4.78, 5) is 12.1. The predicted octanol–water partition coefficient (Wildman–Crippen LogP) is 3.73. The predicted molar refractivity (Wildman–Crippen MR) is 94.1 cm³/mol. The van der Waals surface area contributed by atoms with E-state index in [4.69, 9.17) is 0 Å². The monoisotopic (exact) mass is 339 g/mol. The summed E-state index contributed by atoms with van der Waals surface area (Å²) in [6, 6.07) is 2.68. The molecular weight excluding hydrogens is 310 g/mol. The molecular formula is C22H29NO2. The van der Waals surface area contributed by atoms with Crippen LogP contribution in [-0.4, -0.2) is 17.5 Å². The van der Waals surface area contributed by atoms with Crippen LogP contribution in [-0.2, 0) is 4.79 Å². The van der Waals surface area contributed by atoms with Gasteiger partial charge in [0.25, 0.3) is 0 Å². The quantitative estimate of drug-likeness (QED) is 0.792. The van der Waals surface area contributed by atoms with Gasteiger partial charge < -0.3 is 5.11 Å². The zero-order valence-corrected chi connectivity index (χ0v) is 15.4. The molecule has 25 heavy (non-hydrogen) atoms. The summed E-state index contributed by atoms with van der Waals surface area (Å²) in [5.41, 5.74) is 1.52. The number of hydrogen-bond acceptors (Lipinski definition) is 3. The first-order valence-corrected chi connectivity index (χ1v) is 10.2. The molecule has 4 saturated carbocycles. The van der Waals surface area contributed by atoms with Crippen molar-refractivity contribution in [1.29, 1.82) is 5.26 Å². The van der Waals surface area contributed by atoms with Crippen LogP contribution in [0, 0.1) is 63.6 Å². The maximum Gasteiger partial charge on any atom is 0.155 e. The largest absolute Gasteiger partial charge is 0.396 e. The number of carbonyl (C=O) groups excluding carboxylic acids is 1. The van der Waals surface area contributed by atoms with E-state index in [9.17, 15) is 15.2 Å². The highest BCUT2D eigenvalue weighted by atomic mass is 16.3. The third kappa shape index (κ3) is 1.87. The average molecular weight is 339 g/mol. The molecule has 0 spiro atoms. The molecule has 5 rings (SSSR count). The van der Waals surface area contributed by atoms with E-state index in [1.54, 1.807) is 0 Å². The van der Waals surface area contributed by atoms with E-state index in [-0.39, 0.29) is 35.1 Å². The van der Waals surface area contributed by atoms with Crippen LogP contribution in [0.2, 0.25) is 0 Å². The second-order valence-corrected chi connectivity index (χ2v) is 10.1. The summed E-state index contributed by atoms with van der Waals surface area (Å²) in [6.07, 6.45) is 8.15. The van der Waals surface area contributed by atoms with Gasteiger partial charge in [0.1, 0.15) is 0 Å². The van der Waals surface area contributed by atoms with Crippen molar-refractivity contribution >= 4 is 5.78 Å². The SMILES string of the molecule is C[C@]12CC[C@H]3[C@@H](C[C@@H](CO)C4=CC(=O)CC[C@@]43C)[C@@H]1[C@H]1C[C@H]1[C@@H]2C#N. The first kappa shape index (κ1) is 16.1. The zero-order valence-electron chi connectivity index (χ0n) is 15.4. The van der Waals surface area contributed by atoms with Gasteiger partial charge in [-0.25, -0.2) is 0 Å². The lowest BCUT2D eigenvalue weighted by molar-refractivity contribution is -0.118. The molecule has 1 N–H and O–H groups in total. The second kappa shape index (κ2) is 4.97. The van der Waals surface area contributed by atoms with Gasteiger partial charge in [-0.05, 0) is 78.6 Å². The topological polar surface area (TPSA) is 61.1 Å². The van der Waals surface area contributed by atoms with Crippen molar-refractivity contribution in [2.75, 3.05) is 6.61 Å². The molecule has 0 amide bonds. The van der Waals surface area contributed by atoms with E-state index in [1.165, 1.54) is 24.8 Å². The smallest absolute Gasteiger partial charge is 0.155 e. The lowest BCUT2D eigenvalue weighted by atomic mass is 9.44. The molecule has 0 aromatic heterocycles. The van der Waals surface area contributed by atoms with Gasteiger partial charge in [0.2, 0.25) is 0 Å². The molecule has 9 atom stereocenters. The molecule has 0 saturated heterocycles. The second-order valence-electron chi connectivity index (χ2n) is 10.1. The summed E-state index contributed by atoms with van der Waals surface area (Å²) in [6.45, 7) is 4.92. The summed E-state index contributed by atoms with van der Waals surface area (Å²) in [5, 5.41) is 19.9. The molecule has 0 bridgehead atoms. The van der Waals surface area contributed by atoms with Crippen LogP contribution in [0.5, 0.6) is 0 Å². The number of aliphatic hydroxyl groups is 1. The summed E-state index contributed by atoms with van der Waals surface area (Å²) >= 11 is 0. The Morgan fingerprint density at radius 1 is 1.24 bits per heavy atom. The van der Waals surface area contributed by atoms with Crippen LogP contribution < -0.4 is 0 Å². The van der Waals surface area contributed by atoms with Crippen molar-refractivity contribution in [3.05, 3.63) is 11.6 Å². The summed E-state index contributed by atoms with van der Waals surface area (Å²) < 4.78 is 0. The minimum atomic E-state index is 0.0840. The maximum absolute atomic E-state index is 12.1. The summed E-state index contributed by atoms with van der Waals surface area (Å²) in [5.74, 6) is 3.95. The summed E-state index contributed by atoms with van der Waals surface area (Å²) in [7, 11) is 0. The number of nitriles is 1. The van der Waals surface area contributed by atoms with E-state index in [1.807, 2.05) is 6.08 Å². The number of nitrogens with zero attached hydrogens (tertiary/aromatic N) is 1. The lowest BCUT2D eigenvalue weighted by Gasteiger charge is -2.60. The number of hydrogen-bond donors (Lipinski definition) is 1. The van der Waals surface area contributed by atoms with Gasteiger partial charge in [-0.1, -0.05) is 19.4 Å². The fourth-order valence-corrected chi connectivity index (χ4v) is 8.17. The van der Waals surface area contributed by atoms with Crippen molar-refractivity contribution in [2.45, 2.75) is 52.4 Å². The molecule has 3 nitrogen and oxygen atoms in total. The molecule has 0 aliphatic heterocycles. The Balaban J connectivity index is 1.57. The first-order chi connectivity index (χ1) is 11.9. The van der Waals surface area contributed by atoms with E-state index >= 15 is 0 Å². The van der Waals surface area contributed by atoms with Crippen molar-refractivity contribution < 1.29 is 9.90 Å². The number of fused-ring (bicyclic) bond motifs is 7. The fraction of sp³-hybridized carbons (Fsp3) is 0.818. The molecule has 0 heterocycles. The lowest BCUT2D eigenvalue weighted by Crippen LogP contribution is -2.54. The van der Waals surface area contributed by atoms with Crippen molar-refractivity contribution in [3.63, 3.8) is 0 Å². The highest BCUT2D eigenvalue weighted by Gasteiger charge is 2.70. The molecule has 0 aromatic rings. The Hall–Kier alpha value is -1.14. The van der Waals surface area contributed by atoms with E-state index in [0.717, 1.165) is 18.8 Å². The van der Waals surface area contributed by atoms with E-state index < -0.39 is 0 Å². The highest BCUT2D eigenvalue weighted by molar-refractivity contribution is 5.91. The molecule has 0 unspecified atom stereocenters. The maximum atomic E-state index is 12.1. The highest BCUT2D eigenvalue weighted by Crippen LogP contribution is 2.75. The van der Waals surface area contributed by atoms with Crippen molar-refractivity contribution in [1.82, 2.24) is 0 Å². The van der Waals surface area contributed by atoms with Crippen LogP contribution in [0.3, 0.4) is 0 Å². The van der Waals surface area contributed by atoms with Gasteiger partial charge in [-0.15, -0.1) is 0 Å². The average Bonchev–Trinajstić information content (AvgIpc) is 3.30. The first-order valence-electron chi connectivity index (χ1n) is 10.2. The van der Waals surface area contributed by atoms with E-state index in [0.29, 0.717) is 30.1 Å². The Bertz CT molecular complexity index is 705. The number of carbonyl (C=O) groups is 1. The standard InChI is InChI=1S/C22H29NO2/c1-21-5-3-13(25)8-18(21)12(11-24)7-16-17(21)4-6-22(2)19(10-23)14-9-15(14)20(16)22/h8,12,14-17,19-20,24H,3-7,9,11H2,1-2H3/t12-,14+,15-,16+,17-,19-,20-,21+,22+/m0/s1. The van der Waals surface area contributed by atoms with Gasteiger partial charge in [-0.2, -0.15) is 5.26 Å². The van der Waals surface area contributed by atoms with Crippen LogP contribution >= 0.6 is 0 Å². The fourth-order valence-electron chi connectivity index (χ4n) is 8.17. The van der Waals surface area contributed by atoms with Crippen molar-refractivity contribution in [2.24, 2.45) is 52.3 Å². The molecule has 0 radical (unpaired) electrons. The minimum Gasteiger partial charge on any atom is -0.396 e. The zero-order chi connectivity index (χ0) is 17.6. The molecule has 3 heteroatoms. The third-order valence-electron chi connectivity index (χ3n) is 9.27. The minimum absolute atomic E-state index is 0.0840. The molecule has 5 aliphatic rings. The van der Waals surface area contributed by atoms with Crippen LogP contribution in [0.15, 0.2) is 11.6 Å². The van der Waals surface area contributed by atoms with Gasteiger partial charge in [-0.3, -0.25) is 4.79 Å². The van der Waals surface area contributed by atoms with E-state index in [2.05, 4.69) is 19.9 Å². The van der Waals surface area contributed by atoms with Crippen molar-refractivity contribution in [3.8, 4) is 6.07 Å². The van der Waals surface area contributed by atoms with Gasteiger partial charge in [0, 0.05) is 18.9 Å². The Labute approximate surface area is 150 Å². The Kier molecular flexibility index (Phi) is 3.20. The number of aliphatic hydroxyl groups excluding tert-OH is 1. The van der Waals surface area contributed by atoms with Crippen LogP contribution in [0.25, 0.3) is 0 Å². The van der Waals surface area contributed by atoms with Gasteiger partial charge in [0.15, 0.2) is 5.78 Å². The van der Waals surface area contributed by atoms with Gasteiger partial charge >= 0.3 is 0 Å². The van der Waals surface area contributed by atoms with Gasteiger partial charge in [0.05, 0.1) is 12.0 Å². The Morgan fingerprint density at radius 2 is 2.04 bits per heavy atom.